The molecular formula is C22H27N3O3. The molecule has 1 unspecified atom stereocenters. The molecule has 3 aliphatic rings. The summed E-state index contributed by atoms with van der Waals surface area (Å²) in [6.07, 6.45) is 9.50. The summed E-state index contributed by atoms with van der Waals surface area (Å²) in [5.74, 6) is -1.36. The van der Waals surface area contributed by atoms with Crippen molar-refractivity contribution >= 4 is 29.1 Å². The molecule has 1 aromatic rings. The number of rotatable bonds is 4. The lowest BCUT2D eigenvalue weighted by Crippen LogP contribution is -2.36. The second kappa shape index (κ2) is 7.78. The van der Waals surface area contributed by atoms with Crippen LogP contribution in [0.3, 0.4) is 0 Å². The van der Waals surface area contributed by atoms with Crippen molar-refractivity contribution in [1.29, 1.82) is 0 Å². The highest BCUT2D eigenvalue weighted by molar-refractivity contribution is 6.39. The topological polar surface area (TPSA) is 78.5 Å². The van der Waals surface area contributed by atoms with Crippen molar-refractivity contribution in [2.75, 3.05) is 23.3 Å². The Morgan fingerprint density at radius 3 is 2.79 bits per heavy atom. The van der Waals surface area contributed by atoms with Crippen LogP contribution in [0.4, 0.5) is 11.4 Å². The molecule has 6 heteroatoms. The molecule has 0 bridgehead atoms. The molecule has 4 rings (SSSR count). The average Bonchev–Trinajstić information content (AvgIpc) is 2.95. The molecule has 1 aliphatic carbocycles. The molecule has 0 saturated heterocycles. The molecule has 0 saturated carbocycles. The number of nitrogens with one attached hydrogen (secondary N) is 2. The van der Waals surface area contributed by atoms with Gasteiger partial charge in [0.1, 0.15) is 0 Å². The molecule has 0 fully saturated rings. The van der Waals surface area contributed by atoms with E-state index in [9.17, 15) is 14.4 Å². The summed E-state index contributed by atoms with van der Waals surface area (Å²) in [5.41, 5.74) is 4.98. The molecule has 6 nitrogen and oxygen atoms in total. The van der Waals surface area contributed by atoms with Gasteiger partial charge in [-0.2, -0.15) is 0 Å². The first-order chi connectivity index (χ1) is 13.5. The predicted octanol–water partition coefficient (Wildman–Crippen LogP) is 3.03. The molecule has 2 aliphatic heterocycles. The van der Waals surface area contributed by atoms with Gasteiger partial charge in [0.2, 0.25) is 5.91 Å². The SMILES string of the molecule is CC1C(=O)N2CCCc3cc(NC(=O)C(=O)NCCC4=CCCCC4)cc1c32. The number of anilines is 2. The Morgan fingerprint density at radius 1 is 1.14 bits per heavy atom. The van der Waals surface area contributed by atoms with E-state index in [4.69, 9.17) is 0 Å². The van der Waals surface area contributed by atoms with Crippen LogP contribution >= 0.6 is 0 Å². The van der Waals surface area contributed by atoms with Crippen LogP contribution in [0.15, 0.2) is 23.8 Å². The van der Waals surface area contributed by atoms with Crippen molar-refractivity contribution in [2.24, 2.45) is 0 Å². The zero-order chi connectivity index (χ0) is 19.7. The molecule has 28 heavy (non-hydrogen) atoms. The minimum atomic E-state index is -0.658. The number of nitrogens with zero attached hydrogens (tertiary/aromatic N) is 1. The van der Waals surface area contributed by atoms with Crippen molar-refractivity contribution in [3.8, 4) is 0 Å². The Morgan fingerprint density at radius 2 is 2.00 bits per heavy atom. The van der Waals surface area contributed by atoms with Crippen LogP contribution in [0, 0.1) is 0 Å². The summed E-state index contributed by atoms with van der Waals surface area (Å²) in [4.78, 5) is 38.8. The number of aryl methyl sites for hydroxylation is 1. The van der Waals surface area contributed by atoms with Gasteiger partial charge < -0.3 is 15.5 Å². The number of hydrogen-bond donors (Lipinski definition) is 2. The average molecular weight is 381 g/mol. The first-order valence-electron chi connectivity index (χ1n) is 10.3. The van der Waals surface area contributed by atoms with Gasteiger partial charge in [0.05, 0.1) is 11.6 Å². The number of benzene rings is 1. The monoisotopic (exact) mass is 381 g/mol. The fourth-order valence-corrected chi connectivity index (χ4v) is 4.50. The van der Waals surface area contributed by atoms with Crippen molar-refractivity contribution in [1.82, 2.24) is 5.32 Å². The quantitative estimate of drug-likeness (QED) is 0.622. The standard InChI is InChI=1S/C22H27N3O3/c1-14-18-13-17(12-16-8-5-11-25(19(16)18)22(14)28)24-21(27)20(26)23-10-9-15-6-3-2-4-7-15/h6,12-14H,2-5,7-11H2,1H3,(H,23,26)(H,24,27). The third kappa shape index (κ3) is 3.55. The Hall–Kier alpha value is -2.63. The Bertz CT molecular complexity index is 859. The van der Waals surface area contributed by atoms with Crippen molar-refractivity contribution in [3.63, 3.8) is 0 Å². The van der Waals surface area contributed by atoms with Crippen molar-refractivity contribution < 1.29 is 14.4 Å². The minimum Gasteiger partial charge on any atom is -0.348 e. The molecule has 2 heterocycles. The van der Waals surface area contributed by atoms with E-state index in [1.54, 1.807) is 0 Å². The van der Waals surface area contributed by atoms with Gasteiger partial charge in [-0.15, -0.1) is 0 Å². The van der Waals surface area contributed by atoms with Crippen LogP contribution in [0.25, 0.3) is 0 Å². The second-order valence-corrected chi connectivity index (χ2v) is 7.96. The predicted molar refractivity (Wildman–Crippen MR) is 108 cm³/mol. The normalized spacial score (nSPS) is 20.5. The molecule has 3 amide bonds. The van der Waals surface area contributed by atoms with Gasteiger partial charge >= 0.3 is 11.8 Å². The largest absolute Gasteiger partial charge is 0.348 e. The van der Waals surface area contributed by atoms with Crippen LogP contribution in [0.2, 0.25) is 0 Å². The Balaban J connectivity index is 1.39. The molecule has 1 atom stereocenters. The van der Waals surface area contributed by atoms with Crippen LogP contribution in [-0.4, -0.2) is 30.8 Å². The zero-order valence-corrected chi connectivity index (χ0v) is 16.3. The van der Waals surface area contributed by atoms with E-state index >= 15 is 0 Å². The Labute approximate surface area is 165 Å². The summed E-state index contributed by atoms with van der Waals surface area (Å²) in [6.45, 7) is 3.14. The van der Waals surface area contributed by atoms with E-state index < -0.39 is 11.8 Å². The van der Waals surface area contributed by atoms with Gasteiger partial charge in [-0.05, 0) is 75.1 Å². The molecular weight excluding hydrogens is 354 g/mol. The molecule has 148 valence electrons. The lowest BCUT2D eigenvalue weighted by molar-refractivity contribution is -0.136. The van der Waals surface area contributed by atoms with Crippen molar-refractivity contribution in [3.05, 3.63) is 34.9 Å². The highest BCUT2D eigenvalue weighted by Gasteiger charge is 2.38. The fraction of sp³-hybridized carbons (Fsp3) is 0.500. The number of carbonyl (C=O) groups is 3. The smallest absolute Gasteiger partial charge is 0.313 e. The van der Waals surface area contributed by atoms with Crippen LogP contribution < -0.4 is 15.5 Å². The van der Waals surface area contributed by atoms with Crippen molar-refractivity contribution in [2.45, 2.75) is 57.8 Å². The minimum absolute atomic E-state index is 0.120. The second-order valence-electron chi connectivity index (χ2n) is 7.96. The lowest BCUT2D eigenvalue weighted by atomic mass is 9.96. The van der Waals surface area contributed by atoms with E-state index in [1.807, 2.05) is 24.0 Å². The van der Waals surface area contributed by atoms with E-state index in [1.165, 1.54) is 18.4 Å². The van der Waals surface area contributed by atoms with Crippen LogP contribution in [0.1, 0.15) is 62.5 Å². The van der Waals surface area contributed by atoms with E-state index in [-0.39, 0.29) is 11.8 Å². The van der Waals surface area contributed by atoms with Gasteiger partial charge in [0.15, 0.2) is 0 Å². The van der Waals surface area contributed by atoms with Crippen LogP contribution in [-0.2, 0) is 20.8 Å². The molecule has 0 spiro atoms. The van der Waals surface area contributed by atoms with E-state index in [0.717, 1.165) is 55.5 Å². The van der Waals surface area contributed by atoms with Crippen LogP contribution in [0.5, 0.6) is 0 Å². The highest BCUT2D eigenvalue weighted by Crippen LogP contribution is 2.44. The zero-order valence-electron chi connectivity index (χ0n) is 16.3. The third-order valence-electron chi connectivity index (χ3n) is 6.00. The first-order valence-corrected chi connectivity index (χ1v) is 10.3. The molecule has 1 aromatic carbocycles. The third-order valence-corrected chi connectivity index (χ3v) is 6.00. The van der Waals surface area contributed by atoms with E-state index in [2.05, 4.69) is 16.7 Å². The fourth-order valence-electron chi connectivity index (χ4n) is 4.50. The molecule has 2 N–H and O–H groups in total. The van der Waals surface area contributed by atoms with Gasteiger partial charge in [0.25, 0.3) is 0 Å². The summed E-state index contributed by atoms with van der Waals surface area (Å²) in [6, 6.07) is 3.74. The maximum atomic E-state index is 12.4. The lowest BCUT2D eigenvalue weighted by Gasteiger charge is -2.26. The first kappa shape index (κ1) is 18.7. The number of allylic oxidation sites excluding steroid dienone is 1. The Kier molecular flexibility index (Phi) is 5.20. The van der Waals surface area contributed by atoms with Gasteiger partial charge in [-0.25, -0.2) is 0 Å². The summed E-state index contributed by atoms with van der Waals surface area (Å²) >= 11 is 0. The maximum absolute atomic E-state index is 12.4. The number of hydrogen-bond acceptors (Lipinski definition) is 3. The summed E-state index contributed by atoms with van der Waals surface area (Å²) in [7, 11) is 0. The van der Waals surface area contributed by atoms with Gasteiger partial charge in [-0.3, -0.25) is 14.4 Å². The number of carbonyl (C=O) groups excluding carboxylic acids is 3. The highest BCUT2D eigenvalue weighted by atomic mass is 16.2. The maximum Gasteiger partial charge on any atom is 0.313 e. The summed E-state index contributed by atoms with van der Waals surface area (Å²) < 4.78 is 0. The molecule has 0 aromatic heterocycles. The molecule has 0 radical (unpaired) electrons. The van der Waals surface area contributed by atoms with E-state index in [0.29, 0.717) is 12.2 Å². The summed E-state index contributed by atoms with van der Waals surface area (Å²) in [5, 5.41) is 5.42. The number of amides is 3. The van der Waals surface area contributed by atoms with Gasteiger partial charge in [-0.1, -0.05) is 11.6 Å². The van der Waals surface area contributed by atoms with Gasteiger partial charge in [0, 0.05) is 18.8 Å².